The van der Waals surface area contributed by atoms with E-state index < -0.39 is 0 Å². The summed E-state index contributed by atoms with van der Waals surface area (Å²) < 4.78 is 5.28. The molecule has 0 bridgehead atoms. The molecule has 100 valence electrons. The average Bonchev–Trinajstić information content (AvgIpc) is 2.64. The van der Waals surface area contributed by atoms with Crippen molar-refractivity contribution < 1.29 is 4.74 Å². The van der Waals surface area contributed by atoms with Crippen molar-refractivity contribution in [2.24, 2.45) is 10.8 Å². The van der Waals surface area contributed by atoms with Gasteiger partial charge in [-0.2, -0.15) is 0 Å². The number of hydrogen-bond donors (Lipinski definition) is 2. The van der Waals surface area contributed by atoms with E-state index in [4.69, 9.17) is 10.6 Å². The maximum absolute atomic E-state index is 5.56. The van der Waals surface area contributed by atoms with Crippen molar-refractivity contribution in [3.63, 3.8) is 0 Å². The minimum atomic E-state index is 0.158. The molecule has 5 heteroatoms. The van der Waals surface area contributed by atoms with Gasteiger partial charge in [-0.15, -0.1) is 0 Å². The van der Waals surface area contributed by atoms with Gasteiger partial charge in [0.1, 0.15) is 0 Å². The molecule has 1 fully saturated rings. The third-order valence-electron chi connectivity index (χ3n) is 3.20. The molecular weight excluding hydrogens is 216 g/mol. The Morgan fingerprint density at radius 2 is 2.29 bits per heavy atom. The predicted molar refractivity (Wildman–Crippen MR) is 70.8 cm³/mol. The molecule has 0 atom stereocenters. The van der Waals surface area contributed by atoms with Gasteiger partial charge in [0.05, 0.1) is 0 Å². The summed E-state index contributed by atoms with van der Waals surface area (Å²) in [7, 11) is 0. The lowest BCUT2D eigenvalue weighted by Gasteiger charge is -2.33. The second kappa shape index (κ2) is 6.81. The van der Waals surface area contributed by atoms with Gasteiger partial charge in [0.2, 0.25) is 5.96 Å². The number of nitrogens with one attached hydrogen (secondary N) is 1. The van der Waals surface area contributed by atoms with Gasteiger partial charge < -0.3 is 9.64 Å². The van der Waals surface area contributed by atoms with Crippen LogP contribution in [-0.2, 0) is 4.74 Å². The second-order valence-corrected chi connectivity index (χ2v) is 4.97. The topological polar surface area (TPSA) is 62.9 Å². The number of hydrazine groups is 1. The van der Waals surface area contributed by atoms with Crippen LogP contribution >= 0.6 is 0 Å². The molecule has 17 heavy (non-hydrogen) atoms. The SMILES string of the molecule is CCOCCCN=C(NN)N1CCCC1(C)C. The van der Waals surface area contributed by atoms with E-state index in [1.165, 1.54) is 12.8 Å². The quantitative estimate of drug-likeness (QED) is 0.249. The standard InChI is InChI=1S/C12H26N4O/c1-4-17-10-6-8-14-11(15-13)16-9-5-7-12(16,2)3/h4-10,13H2,1-3H3,(H,14,15). The second-order valence-electron chi connectivity index (χ2n) is 4.97. The van der Waals surface area contributed by atoms with Crippen LogP contribution < -0.4 is 11.3 Å². The summed E-state index contributed by atoms with van der Waals surface area (Å²) in [4.78, 5) is 6.78. The van der Waals surface area contributed by atoms with Crippen molar-refractivity contribution in [3.8, 4) is 0 Å². The largest absolute Gasteiger partial charge is 0.382 e. The lowest BCUT2D eigenvalue weighted by molar-refractivity contribution is 0.146. The van der Waals surface area contributed by atoms with Crippen LogP contribution in [0.25, 0.3) is 0 Å². The number of aliphatic imine (C=N–C) groups is 1. The summed E-state index contributed by atoms with van der Waals surface area (Å²) in [5.74, 6) is 6.37. The Bertz CT molecular complexity index is 253. The molecule has 1 rings (SSSR count). The van der Waals surface area contributed by atoms with E-state index in [0.29, 0.717) is 0 Å². The van der Waals surface area contributed by atoms with Gasteiger partial charge in [0.15, 0.2) is 0 Å². The zero-order chi connectivity index (χ0) is 12.7. The fourth-order valence-corrected chi connectivity index (χ4v) is 2.20. The van der Waals surface area contributed by atoms with Crippen LogP contribution in [0.4, 0.5) is 0 Å². The molecule has 0 aromatic rings. The van der Waals surface area contributed by atoms with E-state index in [0.717, 1.165) is 38.7 Å². The van der Waals surface area contributed by atoms with E-state index in [-0.39, 0.29) is 5.54 Å². The molecule has 0 spiro atoms. The normalized spacial score (nSPS) is 19.8. The molecule has 1 saturated heterocycles. The van der Waals surface area contributed by atoms with Crippen LogP contribution in [0.1, 0.15) is 40.0 Å². The molecule has 3 N–H and O–H groups in total. The summed E-state index contributed by atoms with van der Waals surface area (Å²) in [6, 6.07) is 0. The zero-order valence-electron chi connectivity index (χ0n) is 11.3. The molecule has 0 unspecified atom stereocenters. The Balaban J connectivity index is 2.44. The molecule has 0 amide bonds. The number of ether oxygens (including phenoxy) is 1. The maximum atomic E-state index is 5.56. The van der Waals surface area contributed by atoms with Gasteiger partial charge in [0.25, 0.3) is 0 Å². The van der Waals surface area contributed by atoms with Gasteiger partial charge in [-0.1, -0.05) is 0 Å². The highest BCUT2D eigenvalue weighted by molar-refractivity contribution is 5.80. The first-order chi connectivity index (χ1) is 8.11. The monoisotopic (exact) mass is 242 g/mol. The van der Waals surface area contributed by atoms with Gasteiger partial charge in [-0.25, -0.2) is 5.84 Å². The first-order valence-electron chi connectivity index (χ1n) is 6.48. The molecule has 0 aromatic carbocycles. The zero-order valence-corrected chi connectivity index (χ0v) is 11.3. The van der Waals surface area contributed by atoms with Gasteiger partial charge in [-0.3, -0.25) is 10.4 Å². The van der Waals surface area contributed by atoms with E-state index in [1.54, 1.807) is 0 Å². The third kappa shape index (κ3) is 4.16. The Kier molecular flexibility index (Phi) is 5.71. The summed E-state index contributed by atoms with van der Waals surface area (Å²) >= 11 is 0. The summed E-state index contributed by atoms with van der Waals surface area (Å²) in [6.07, 6.45) is 3.33. The smallest absolute Gasteiger partial charge is 0.208 e. The highest BCUT2D eigenvalue weighted by atomic mass is 16.5. The van der Waals surface area contributed by atoms with E-state index >= 15 is 0 Å². The van der Waals surface area contributed by atoms with Crippen LogP contribution in [-0.4, -0.2) is 42.7 Å². The number of nitrogens with zero attached hydrogens (tertiary/aromatic N) is 2. The van der Waals surface area contributed by atoms with E-state index in [2.05, 4.69) is 29.2 Å². The predicted octanol–water partition coefficient (Wildman–Crippen LogP) is 1.11. The van der Waals surface area contributed by atoms with Crippen molar-refractivity contribution in [3.05, 3.63) is 0 Å². The Labute approximate surface area is 104 Å². The molecule has 1 aliphatic heterocycles. The van der Waals surface area contributed by atoms with Crippen LogP contribution in [0.2, 0.25) is 0 Å². The lowest BCUT2D eigenvalue weighted by Crippen LogP contribution is -2.51. The van der Waals surface area contributed by atoms with Gasteiger partial charge in [0, 0.05) is 31.8 Å². The first kappa shape index (κ1) is 14.3. The number of rotatable bonds is 5. The number of nitrogens with two attached hydrogens (primary N) is 1. The maximum Gasteiger partial charge on any atom is 0.208 e. The van der Waals surface area contributed by atoms with Crippen LogP contribution in [0.3, 0.4) is 0 Å². The molecule has 1 heterocycles. The number of hydrogen-bond acceptors (Lipinski definition) is 3. The van der Waals surface area contributed by atoms with Gasteiger partial charge in [-0.05, 0) is 40.0 Å². The molecule has 0 aliphatic carbocycles. The van der Waals surface area contributed by atoms with Crippen molar-refractivity contribution in [2.45, 2.75) is 45.6 Å². The average molecular weight is 242 g/mol. The Hall–Kier alpha value is -0.810. The number of likely N-dealkylation sites (tertiary alicyclic amines) is 1. The number of guanidine groups is 1. The molecule has 5 nitrogen and oxygen atoms in total. The lowest BCUT2D eigenvalue weighted by atomic mass is 10.0. The Morgan fingerprint density at radius 3 is 2.82 bits per heavy atom. The molecule has 1 aliphatic rings. The minimum Gasteiger partial charge on any atom is -0.382 e. The molecular formula is C12H26N4O. The van der Waals surface area contributed by atoms with Crippen molar-refractivity contribution in [1.82, 2.24) is 10.3 Å². The van der Waals surface area contributed by atoms with E-state index in [1.807, 2.05) is 6.92 Å². The molecule has 0 radical (unpaired) electrons. The third-order valence-corrected chi connectivity index (χ3v) is 3.20. The minimum absolute atomic E-state index is 0.158. The van der Waals surface area contributed by atoms with Crippen LogP contribution in [0.5, 0.6) is 0 Å². The summed E-state index contributed by atoms with van der Waals surface area (Å²) in [5.41, 5.74) is 2.88. The summed E-state index contributed by atoms with van der Waals surface area (Å²) in [6.45, 7) is 9.78. The molecule has 0 aromatic heterocycles. The highest BCUT2D eigenvalue weighted by Gasteiger charge is 2.33. The van der Waals surface area contributed by atoms with E-state index in [9.17, 15) is 0 Å². The highest BCUT2D eigenvalue weighted by Crippen LogP contribution is 2.27. The first-order valence-corrected chi connectivity index (χ1v) is 6.48. The van der Waals surface area contributed by atoms with Crippen LogP contribution in [0, 0.1) is 0 Å². The fraction of sp³-hybridized carbons (Fsp3) is 0.917. The Morgan fingerprint density at radius 1 is 1.53 bits per heavy atom. The summed E-state index contributed by atoms with van der Waals surface area (Å²) in [5, 5.41) is 0. The van der Waals surface area contributed by atoms with Crippen molar-refractivity contribution >= 4 is 5.96 Å². The fourth-order valence-electron chi connectivity index (χ4n) is 2.20. The van der Waals surface area contributed by atoms with Crippen molar-refractivity contribution in [2.75, 3.05) is 26.3 Å². The van der Waals surface area contributed by atoms with Crippen molar-refractivity contribution in [1.29, 1.82) is 0 Å². The van der Waals surface area contributed by atoms with Crippen LogP contribution in [0.15, 0.2) is 4.99 Å². The van der Waals surface area contributed by atoms with Gasteiger partial charge >= 0.3 is 0 Å². The molecule has 0 saturated carbocycles.